The lowest BCUT2D eigenvalue weighted by molar-refractivity contribution is 0.138. The van der Waals surface area contributed by atoms with E-state index >= 15 is 0 Å². The average Bonchev–Trinajstić information content (AvgIpc) is 3.46. The third kappa shape index (κ3) is 3.16. The molecule has 0 bridgehead atoms. The van der Waals surface area contributed by atoms with Gasteiger partial charge in [-0.2, -0.15) is 4.68 Å². The van der Waals surface area contributed by atoms with Gasteiger partial charge in [-0.3, -0.25) is 9.36 Å². The molecule has 1 saturated heterocycles. The van der Waals surface area contributed by atoms with Gasteiger partial charge in [-0.1, -0.05) is 0 Å². The summed E-state index contributed by atoms with van der Waals surface area (Å²) in [6.07, 6.45) is 0.526. The molecule has 10 heteroatoms. The van der Waals surface area contributed by atoms with Gasteiger partial charge in [0.1, 0.15) is 11.7 Å². The highest BCUT2D eigenvalue weighted by molar-refractivity contribution is 5.90. The van der Waals surface area contributed by atoms with Gasteiger partial charge in [-0.15, -0.1) is 0 Å². The number of methoxy groups -OCH3 is 2. The maximum Gasteiger partial charge on any atom is 0.350 e. The molecule has 1 aliphatic carbocycles. The molecule has 0 unspecified atom stereocenters. The molecule has 158 valence electrons. The summed E-state index contributed by atoms with van der Waals surface area (Å²) in [6, 6.07) is 2.87. The van der Waals surface area contributed by atoms with Gasteiger partial charge in [0.05, 0.1) is 24.8 Å². The lowest BCUT2D eigenvalue weighted by Crippen LogP contribution is -2.44. The zero-order chi connectivity index (χ0) is 20.9. The number of alkyl halides is 1. The Kier molecular flexibility index (Phi) is 4.99. The topological polar surface area (TPSA) is 118 Å². The van der Waals surface area contributed by atoms with Gasteiger partial charge in [0.2, 0.25) is 0 Å². The predicted molar refractivity (Wildman–Crippen MR) is 108 cm³/mol. The predicted octanol–water partition coefficient (Wildman–Crippen LogP) is -0.0315. The van der Waals surface area contributed by atoms with E-state index in [1.165, 1.54) is 18.8 Å². The summed E-state index contributed by atoms with van der Waals surface area (Å²) in [6.45, 7) is 0.797. The first kappa shape index (κ1) is 19.7. The van der Waals surface area contributed by atoms with Crippen LogP contribution in [0.25, 0.3) is 10.9 Å². The minimum atomic E-state index is -1.12. The third-order valence-corrected chi connectivity index (χ3v) is 5.87. The van der Waals surface area contributed by atoms with Crippen LogP contribution in [0.15, 0.2) is 21.7 Å². The Hall–Kier alpha value is -2.59. The van der Waals surface area contributed by atoms with Crippen LogP contribution in [0.3, 0.4) is 0 Å². The van der Waals surface area contributed by atoms with E-state index in [0.29, 0.717) is 33.6 Å². The van der Waals surface area contributed by atoms with Gasteiger partial charge in [0.25, 0.3) is 5.56 Å². The van der Waals surface area contributed by atoms with Crippen LogP contribution < -0.4 is 32.5 Å². The number of nitrogens with two attached hydrogens (primary N) is 2. The fourth-order valence-electron chi connectivity index (χ4n) is 4.23. The number of halogens is 1. The highest BCUT2D eigenvalue weighted by atomic mass is 19.1. The molecule has 1 aromatic carbocycles. The monoisotopic (exact) mass is 407 g/mol. The molecule has 0 radical (unpaired) electrons. The Bertz CT molecular complexity index is 1050. The maximum absolute atomic E-state index is 14.7. The number of aromatic nitrogens is 2. The molecule has 4 rings (SSSR count). The van der Waals surface area contributed by atoms with Crippen LogP contribution in [-0.4, -0.2) is 55.4 Å². The Labute approximate surface area is 166 Å². The standard InChI is InChI=1S/C19H26FN5O4/c1-28-9-14(21)12-7-23(8-13(12)20)15-6-5-11-16(17(15)29-2)24(10-3-4-10)19(27)25(22)18(11)26/h5-6,10,12-14H,3-4,7-9,21-22H2,1-2H3/t12-,13-,14+/m0/s1. The van der Waals surface area contributed by atoms with Crippen molar-refractivity contribution in [2.75, 3.05) is 44.7 Å². The molecule has 2 aliphatic rings. The van der Waals surface area contributed by atoms with Crippen molar-refractivity contribution in [1.82, 2.24) is 9.24 Å². The van der Waals surface area contributed by atoms with Crippen molar-refractivity contribution in [3.63, 3.8) is 0 Å². The average molecular weight is 407 g/mol. The van der Waals surface area contributed by atoms with E-state index in [1.54, 1.807) is 12.1 Å². The third-order valence-electron chi connectivity index (χ3n) is 5.87. The van der Waals surface area contributed by atoms with Crippen LogP contribution in [0.5, 0.6) is 5.75 Å². The van der Waals surface area contributed by atoms with E-state index in [0.717, 1.165) is 12.8 Å². The van der Waals surface area contributed by atoms with Gasteiger partial charge in [0.15, 0.2) is 5.75 Å². The molecule has 2 heterocycles. The molecule has 1 aliphatic heterocycles. The molecule has 4 N–H and O–H groups in total. The minimum Gasteiger partial charge on any atom is -0.492 e. The summed E-state index contributed by atoms with van der Waals surface area (Å²) in [4.78, 5) is 27.1. The van der Waals surface area contributed by atoms with E-state index in [9.17, 15) is 14.0 Å². The number of rotatable bonds is 6. The van der Waals surface area contributed by atoms with Crippen molar-refractivity contribution in [3.8, 4) is 5.75 Å². The summed E-state index contributed by atoms with van der Waals surface area (Å²) < 4.78 is 27.6. The number of nitrogens with zero attached hydrogens (tertiary/aromatic N) is 3. The number of hydrogen-bond acceptors (Lipinski definition) is 7. The van der Waals surface area contributed by atoms with Crippen molar-refractivity contribution in [2.45, 2.75) is 31.1 Å². The summed E-state index contributed by atoms with van der Waals surface area (Å²) >= 11 is 0. The fraction of sp³-hybridized carbons (Fsp3) is 0.579. The minimum absolute atomic E-state index is 0.0278. The summed E-state index contributed by atoms with van der Waals surface area (Å²) in [5.74, 6) is 5.69. The molecule has 1 aromatic heterocycles. The highest BCUT2D eigenvalue weighted by Gasteiger charge is 2.39. The normalized spacial score (nSPS) is 23.0. The molecule has 1 saturated carbocycles. The quantitative estimate of drug-likeness (QED) is 0.646. The SMILES string of the molecule is COC[C@@H](N)[C@H]1CN(c2ccc3c(=O)n(N)c(=O)n(C4CC4)c3c2OC)C[C@@H]1F. The molecular formula is C19H26FN5O4. The van der Waals surface area contributed by atoms with Gasteiger partial charge in [-0.25, -0.2) is 9.18 Å². The second-order valence-corrected chi connectivity index (χ2v) is 7.78. The van der Waals surface area contributed by atoms with Crippen LogP contribution in [-0.2, 0) is 4.74 Å². The van der Waals surface area contributed by atoms with E-state index in [4.69, 9.17) is 21.1 Å². The smallest absolute Gasteiger partial charge is 0.350 e. The van der Waals surface area contributed by atoms with E-state index in [1.807, 2.05) is 4.90 Å². The Morgan fingerprint density at radius 3 is 2.59 bits per heavy atom. The molecule has 0 spiro atoms. The van der Waals surface area contributed by atoms with Crippen LogP contribution in [0.1, 0.15) is 18.9 Å². The van der Waals surface area contributed by atoms with Crippen LogP contribution in [0.4, 0.5) is 10.1 Å². The number of fused-ring (bicyclic) bond motifs is 1. The van der Waals surface area contributed by atoms with Gasteiger partial charge in [0, 0.05) is 38.2 Å². The number of ether oxygens (including phenoxy) is 2. The van der Waals surface area contributed by atoms with Crippen LogP contribution in [0.2, 0.25) is 0 Å². The van der Waals surface area contributed by atoms with Crippen molar-refractivity contribution in [1.29, 1.82) is 0 Å². The van der Waals surface area contributed by atoms with E-state index in [-0.39, 0.29) is 19.2 Å². The van der Waals surface area contributed by atoms with E-state index in [2.05, 4.69) is 0 Å². The second kappa shape index (κ2) is 7.34. The van der Waals surface area contributed by atoms with Gasteiger partial charge >= 0.3 is 5.69 Å². The molecular weight excluding hydrogens is 381 g/mol. The summed E-state index contributed by atoms with van der Waals surface area (Å²) in [7, 11) is 3.01. The first-order chi connectivity index (χ1) is 13.9. The lowest BCUT2D eigenvalue weighted by atomic mass is 9.99. The first-order valence-corrected chi connectivity index (χ1v) is 9.65. The van der Waals surface area contributed by atoms with Crippen molar-refractivity contribution >= 4 is 16.6 Å². The lowest BCUT2D eigenvalue weighted by Gasteiger charge is -2.24. The Morgan fingerprint density at radius 1 is 1.24 bits per heavy atom. The van der Waals surface area contributed by atoms with Crippen molar-refractivity contribution < 1.29 is 13.9 Å². The molecule has 0 amide bonds. The maximum atomic E-state index is 14.7. The highest BCUT2D eigenvalue weighted by Crippen LogP contribution is 2.42. The molecule has 2 aromatic rings. The Balaban J connectivity index is 1.85. The first-order valence-electron chi connectivity index (χ1n) is 9.65. The van der Waals surface area contributed by atoms with Crippen molar-refractivity contribution in [2.24, 2.45) is 11.7 Å². The number of benzene rings is 1. The molecule has 3 atom stereocenters. The number of hydrogen-bond donors (Lipinski definition) is 2. The van der Waals surface area contributed by atoms with E-state index < -0.39 is 29.4 Å². The fourth-order valence-corrected chi connectivity index (χ4v) is 4.23. The summed E-state index contributed by atoms with van der Waals surface area (Å²) in [5.41, 5.74) is 5.95. The van der Waals surface area contributed by atoms with Crippen molar-refractivity contribution in [3.05, 3.63) is 33.0 Å². The Morgan fingerprint density at radius 2 is 1.97 bits per heavy atom. The van der Waals surface area contributed by atoms with Gasteiger partial charge < -0.3 is 25.9 Å². The van der Waals surface area contributed by atoms with Crippen LogP contribution in [0, 0.1) is 5.92 Å². The van der Waals surface area contributed by atoms with Gasteiger partial charge in [-0.05, 0) is 25.0 Å². The largest absolute Gasteiger partial charge is 0.492 e. The summed E-state index contributed by atoms with van der Waals surface area (Å²) in [5, 5.41) is 0.295. The zero-order valence-electron chi connectivity index (χ0n) is 16.5. The molecule has 29 heavy (non-hydrogen) atoms. The second-order valence-electron chi connectivity index (χ2n) is 7.78. The number of anilines is 1. The molecule has 9 nitrogen and oxygen atoms in total. The number of nitrogen functional groups attached to an aromatic ring is 1. The zero-order valence-corrected chi connectivity index (χ0v) is 16.5. The van der Waals surface area contributed by atoms with Crippen LogP contribution >= 0.6 is 0 Å². The molecule has 2 fully saturated rings.